The number of carboxylic acid groups (broad SMARTS) is 1. The van der Waals surface area contributed by atoms with Crippen LogP contribution >= 0.6 is 0 Å². The van der Waals surface area contributed by atoms with Crippen LogP contribution in [-0.2, 0) is 15.6 Å². The Morgan fingerprint density at radius 1 is 0.657 bits per heavy atom. The smallest absolute Gasteiger partial charge is 0.413 e. The molecule has 0 saturated heterocycles. The number of benzene rings is 4. The summed E-state index contributed by atoms with van der Waals surface area (Å²) in [7, 11) is -0.751. The second kappa shape index (κ2) is 9.74. The minimum Gasteiger partial charge on any atom is -0.465 e. The van der Waals surface area contributed by atoms with Gasteiger partial charge in [-0.15, -0.1) is 0 Å². The summed E-state index contributed by atoms with van der Waals surface area (Å²) in [6, 6.07) is 34.3. The lowest BCUT2D eigenvalue weighted by Gasteiger charge is -2.44. The maximum Gasteiger partial charge on any atom is 0.413 e. The maximum atomic E-state index is 13.1. The van der Waals surface area contributed by atoms with Crippen LogP contribution in [0.25, 0.3) is 0 Å². The molecular weight excluding hydrogens is 460 g/mol. The Hall–Kier alpha value is -3.94. The van der Waals surface area contributed by atoms with Gasteiger partial charge in [-0.2, -0.15) is 0 Å². The van der Waals surface area contributed by atoms with Crippen LogP contribution in [0.15, 0.2) is 120 Å². The van der Waals surface area contributed by atoms with E-state index in [4.69, 9.17) is 0 Å². The van der Waals surface area contributed by atoms with Crippen molar-refractivity contribution >= 4 is 21.8 Å². The highest BCUT2D eigenvalue weighted by Gasteiger charge is 2.46. The van der Waals surface area contributed by atoms with Gasteiger partial charge in [-0.3, -0.25) is 4.90 Å². The molecule has 4 rings (SSSR count). The fourth-order valence-electron chi connectivity index (χ4n) is 4.35. The van der Waals surface area contributed by atoms with E-state index in [0.717, 1.165) is 21.0 Å². The van der Waals surface area contributed by atoms with E-state index in [0.29, 0.717) is 5.69 Å². The Labute approximate surface area is 205 Å². The van der Waals surface area contributed by atoms with Crippen LogP contribution in [0.3, 0.4) is 0 Å². The van der Waals surface area contributed by atoms with Gasteiger partial charge >= 0.3 is 6.09 Å². The summed E-state index contributed by atoms with van der Waals surface area (Å²) in [5.74, 6) is 0. The van der Waals surface area contributed by atoms with Crippen LogP contribution < -0.4 is 4.90 Å². The number of anilines is 1. The second-order valence-electron chi connectivity index (χ2n) is 8.21. The molecule has 0 aliphatic rings. The Balaban J connectivity index is 2.05. The largest absolute Gasteiger partial charge is 0.465 e. The van der Waals surface area contributed by atoms with Gasteiger partial charge in [0, 0.05) is 19.8 Å². The molecule has 35 heavy (non-hydrogen) atoms. The summed E-state index contributed by atoms with van der Waals surface area (Å²) in [5.41, 5.74) is 1.36. The standard InChI is InChI=1S/C28H26N2O4S/c1-29(2)35(33,34)26-20-18-25(19-21-26)30(27(31)32)28(22-12-6-3-7-13-22,23-14-8-4-9-15-23)24-16-10-5-11-17-24/h3-21H,1-2H3,(H,31,32). The average Bonchev–Trinajstić information content (AvgIpc) is 2.88. The van der Waals surface area contributed by atoms with Gasteiger partial charge in [0.1, 0.15) is 5.54 Å². The van der Waals surface area contributed by atoms with Crippen molar-refractivity contribution in [1.82, 2.24) is 4.31 Å². The van der Waals surface area contributed by atoms with E-state index in [1.807, 2.05) is 91.0 Å². The third-order valence-electron chi connectivity index (χ3n) is 5.97. The van der Waals surface area contributed by atoms with Crippen molar-refractivity contribution in [3.63, 3.8) is 0 Å². The molecule has 4 aromatic carbocycles. The number of sulfonamides is 1. The zero-order valence-electron chi connectivity index (χ0n) is 19.4. The van der Waals surface area contributed by atoms with Gasteiger partial charge in [-0.25, -0.2) is 17.5 Å². The van der Waals surface area contributed by atoms with Gasteiger partial charge < -0.3 is 5.11 Å². The molecule has 0 fully saturated rings. The zero-order chi connectivity index (χ0) is 25.1. The third kappa shape index (κ3) is 4.32. The van der Waals surface area contributed by atoms with Crippen LogP contribution in [0.5, 0.6) is 0 Å². The Bertz CT molecular complexity index is 1290. The molecule has 0 saturated carbocycles. The second-order valence-corrected chi connectivity index (χ2v) is 10.4. The van der Waals surface area contributed by atoms with Gasteiger partial charge in [-0.05, 0) is 41.0 Å². The number of carbonyl (C=O) groups is 1. The van der Waals surface area contributed by atoms with E-state index in [-0.39, 0.29) is 4.90 Å². The molecule has 0 aliphatic carbocycles. The van der Waals surface area contributed by atoms with Crippen molar-refractivity contribution in [3.8, 4) is 0 Å². The highest BCUT2D eigenvalue weighted by Crippen LogP contribution is 2.45. The molecule has 1 amide bonds. The monoisotopic (exact) mass is 486 g/mol. The molecule has 6 nitrogen and oxygen atoms in total. The van der Waals surface area contributed by atoms with Gasteiger partial charge in [0.25, 0.3) is 0 Å². The zero-order valence-corrected chi connectivity index (χ0v) is 20.3. The van der Waals surface area contributed by atoms with E-state index in [1.165, 1.54) is 43.3 Å². The Morgan fingerprint density at radius 2 is 1.03 bits per heavy atom. The molecule has 0 aromatic heterocycles. The normalized spacial score (nSPS) is 11.9. The van der Waals surface area contributed by atoms with Gasteiger partial charge in [0.2, 0.25) is 10.0 Å². The topological polar surface area (TPSA) is 77.9 Å². The number of amides is 1. The van der Waals surface area contributed by atoms with Crippen LogP contribution in [0.1, 0.15) is 16.7 Å². The lowest BCUT2D eigenvalue weighted by molar-refractivity contribution is 0.197. The molecular formula is C28H26N2O4S. The average molecular weight is 487 g/mol. The molecule has 1 N–H and O–H groups in total. The minimum absolute atomic E-state index is 0.0846. The van der Waals surface area contributed by atoms with Crippen LogP contribution in [0.4, 0.5) is 10.5 Å². The molecule has 178 valence electrons. The first kappa shape index (κ1) is 24.2. The summed E-state index contributed by atoms with van der Waals surface area (Å²) in [5, 5.41) is 10.7. The molecule has 0 radical (unpaired) electrons. The summed E-state index contributed by atoms with van der Waals surface area (Å²) in [4.78, 5) is 14.4. The fraction of sp³-hybridized carbons (Fsp3) is 0.107. The molecule has 0 atom stereocenters. The molecule has 4 aromatic rings. The predicted octanol–water partition coefficient (Wildman–Crippen LogP) is 5.41. The molecule has 0 bridgehead atoms. The van der Waals surface area contributed by atoms with Crippen molar-refractivity contribution < 1.29 is 18.3 Å². The van der Waals surface area contributed by atoms with Crippen molar-refractivity contribution in [2.75, 3.05) is 19.0 Å². The quantitative estimate of drug-likeness (QED) is 0.354. The maximum absolute atomic E-state index is 13.1. The lowest BCUT2D eigenvalue weighted by atomic mass is 9.75. The lowest BCUT2D eigenvalue weighted by Crippen LogP contribution is -2.51. The number of hydrogen-bond acceptors (Lipinski definition) is 3. The van der Waals surface area contributed by atoms with Crippen molar-refractivity contribution in [2.24, 2.45) is 0 Å². The minimum atomic E-state index is -3.66. The summed E-state index contributed by atoms with van der Waals surface area (Å²) in [6.07, 6.45) is -1.18. The van der Waals surface area contributed by atoms with E-state index in [1.54, 1.807) is 0 Å². The fourth-order valence-corrected chi connectivity index (χ4v) is 5.25. The van der Waals surface area contributed by atoms with Gasteiger partial charge in [0.15, 0.2) is 0 Å². The van der Waals surface area contributed by atoms with Gasteiger partial charge in [-0.1, -0.05) is 91.0 Å². The van der Waals surface area contributed by atoms with Crippen molar-refractivity contribution in [3.05, 3.63) is 132 Å². The molecule has 0 heterocycles. The molecule has 0 aliphatic heterocycles. The van der Waals surface area contributed by atoms with Crippen molar-refractivity contribution in [2.45, 2.75) is 10.4 Å². The molecule has 7 heteroatoms. The van der Waals surface area contributed by atoms with E-state index in [9.17, 15) is 18.3 Å². The summed E-state index contributed by atoms with van der Waals surface area (Å²) in [6.45, 7) is 0. The van der Waals surface area contributed by atoms with E-state index in [2.05, 4.69) is 0 Å². The van der Waals surface area contributed by atoms with Gasteiger partial charge in [0.05, 0.1) is 4.90 Å². The Kier molecular flexibility index (Phi) is 6.73. The number of nitrogens with zero attached hydrogens (tertiary/aromatic N) is 2. The predicted molar refractivity (Wildman–Crippen MR) is 137 cm³/mol. The third-order valence-corrected chi connectivity index (χ3v) is 7.80. The van der Waals surface area contributed by atoms with Crippen LogP contribution in [-0.4, -0.2) is 38.0 Å². The number of rotatable bonds is 7. The summed E-state index contributed by atoms with van der Waals surface area (Å²) < 4.78 is 26.3. The van der Waals surface area contributed by atoms with Crippen LogP contribution in [0, 0.1) is 0 Å². The first-order valence-corrected chi connectivity index (χ1v) is 12.5. The first-order valence-electron chi connectivity index (χ1n) is 11.0. The van der Waals surface area contributed by atoms with Crippen molar-refractivity contribution in [1.29, 1.82) is 0 Å². The first-order chi connectivity index (χ1) is 16.8. The summed E-state index contributed by atoms with van der Waals surface area (Å²) >= 11 is 0. The van der Waals surface area contributed by atoms with E-state index < -0.39 is 21.7 Å². The Morgan fingerprint density at radius 3 is 1.34 bits per heavy atom. The highest BCUT2D eigenvalue weighted by atomic mass is 32.2. The van der Waals surface area contributed by atoms with E-state index >= 15 is 0 Å². The highest BCUT2D eigenvalue weighted by molar-refractivity contribution is 7.89. The molecule has 0 unspecified atom stereocenters. The van der Waals surface area contributed by atoms with Crippen LogP contribution in [0.2, 0.25) is 0 Å². The molecule has 0 spiro atoms. The SMILES string of the molecule is CN(C)S(=O)(=O)c1ccc(N(C(=O)O)C(c2ccccc2)(c2ccccc2)c2ccccc2)cc1. The number of hydrogen-bond donors (Lipinski definition) is 1.